The highest BCUT2D eigenvalue weighted by Gasteiger charge is 2.31. The fraction of sp³-hybridized carbons (Fsp3) is 0.667. The molecule has 0 aliphatic rings. The highest BCUT2D eigenvalue weighted by atomic mass is 32.2. The number of benzene rings is 1. The van der Waals surface area contributed by atoms with Crippen molar-refractivity contribution in [1.29, 1.82) is 0 Å². The van der Waals surface area contributed by atoms with Crippen LogP contribution in [0.4, 0.5) is 0 Å². The van der Waals surface area contributed by atoms with Crippen molar-refractivity contribution < 1.29 is 22.5 Å². The summed E-state index contributed by atoms with van der Waals surface area (Å²) in [4.78, 5) is 12.5. The summed E-state index contributed by atoms with van der Waals surface area (Å²) in [6.45, 7) is 11.7. The summed E-state index contributed by atoms with van der Waals surface area (Å²) >= 11 is -2.43. The van der Waals surface area contributed by atoms with E-state index in [4.69, 9.17) is 8.92 Å². The monoisotopic (exact) mass is 398 g/mol. The molecule has 0 fully saturated rings. The van der Waals surface area contributed by atoms with Gasteiger partial charge in [0.2, 0.25) is 0 Å². The molecule has 0 aromatic heterocycles. The Morgan fingerprint density at radius 1 is 1.22 bits per heavy atom. The zero-order chi connectivity index (χ0) is 20.6. The van der Waals surface area contributed by atoms with Gasteiger partial charge in [-0.1, -0.05) is 56.5 Å². The lowest BCUT2D eigenvalue weighted by Gasteiger charge is -2.29. The standard InChI is InChI=1S/C21H34O5S/c1-7-8-16(3)13-18(14-19(22)25-21(4,5)6)20(26-27(23)24)17-11-9-15(2)10-12-17/h9-12,16,18,20H,7-8,13-14H2,1-6H3,(H,23,24). The van der Waals surface area contributed by atoms with E-state index >= 15 is 0 Å². The van der Waals surface area contributed by atoms with Crippen LogP contribution in [0.3, 0.4) is 0 Å². The van der Waals surface area contributed by atoms with Gasteiger partial charge in [0.15, 0.2) is 0 Å². The van der Waals surface area contributed by atoms with E-state index in [0.717, 1.165) is 24.0 Å². The SMILES string of the molecule is CCCC(C)CC(CC(=O)OC(C)(C)C)C(OS(=O)O)c1ccc(C)cc1. The maximum absolute atomic E-state index is 12.5. The van der Waals surface area contributed by atoms with E-state index in [1.165, 1.54) is 0 Å². The third kappa shape index (κ3) is 9.49. The summed E-state index contributed by atoms with van der Waals surface area (Å²) in [6.07, 6.45) is 2.27. The summed E-state index contributed by atoms with van der Waals surface area (Å²) in [5, 5.41) is 0. The van der Waals surface area contributed by atoms with Gasteiger partial charge in [-0.25, -0.2) is 0 Å². The van der Waals surface area contributed by atoms with E-state index < -0.39 is 23.1 Å². The Balaban J connectivity index is 3.13. The number of hydrogen-bond acceptors (Lipinski definition) is 4. The summed E-state index contributed by atoms with van der Waals surface area (Å²) in [5.41, 5.74) is 1.31. The zero-order valence-corrected chi connectivity index (χ0v) is 18.2. The second-order valence-corrected chi connectivity index (χ2v) is 8.95. The van der Waals surface area contributed by atoms with Crippen molar-refractivity contribution in [1.82, 2.24) is 0 Å². The molecule has 0 aliphatic carbocycles. The Kier molecular flexibility index (Phi) is 9.63. The van der Waals surface area contributed by atoms with Crippen molar-refractivity contribution in [3.05, 3.63) is 35.4 Å². The molecule has 5 nitrogen and oxygen atoms in total. The van der Waals surface area contributed by atoms with E-state index in [1.807, 2.05) is 52.0 Å². The topological polar surface area (TPSA) is 72.8 Å². The van der Waals surface area contributed by atoms with Gasteiger partial charge in [-0.15, -0.1) is 0 Å². The molecule has 0 saturated heterocycles. The predicted molar refractivity (Wildman–Crippen MR) is 108 cm³/mol. The molecule has 27 heavy (non-hydrogen) atoms. The normalized spacial score (nSPS) is 16.4. The van der Waals surface area contributed by atoms with Crippen molar-refractivity contribution in [2.75, 3.05) is 0 Å². The third-order valence-electron chi connectivity index (χ3n) is 4.36. The first-order valence-corrected chi connectivity index (χ1v) is 10.6. The molecular weight excluding hydrogens is 364 g/mol. The second kappa shape index (κ2) is 10.9. The lowest BCUT2D eigenvalue weighted by Crippen LogP contribution is -2.28. The Hall–Kier alpha value is -1.24. The molecular formula is C21H34O5S. The molecule has 1 aromatic rings. The van der Waals surface area contributed by atoms with Gasteiger partial charge < -0.3 is 4.74 Å². The number of rotatable bonds is 10. The van der Waals surface area contributed by atoms with Crippen molar-refractivity contribution in [2.24, 2.45) is 11.8 Å². The Labute approximate surface area is 166 Å². The van der Waals surface area contributed by atoms with Gasteiger partial charge in [0, 0.05) is 5.92 Å². The molecule has 0 amide bonds. The fourth-order valence-corrected chi connectivity index (χ4v) is 3.74. The van der Waals surface area contributed by atoms with E-state index in [-0.39, 0.29) is 18.3 Å². The molecule has 154 valence electrons. The van der Waals surface area contributed by atoms with Gasteiger partial charge in [0.05, 0.1) is 6.42 Å². The van der Waals surface area contributed by atoms with Crippen LogP contribution in [-0.4, -0.2) is 20.3 Å². The van der Waals surface area contributed by atoms with Crippen LogP contribution in [0, 0.1) is 18.8 Å². The summed E-state index contributed by atoms with van der Waals surface area (Å²) in [7, 11) is 0. The van der Waals surface area contributed by atoms with Gasteiger partial charge in [0.1, 0.15) is 11.7 Å². The van der Waals surface area contributed by atoms with Crippen molar-refractivity contribution in [2.45, 2.75) is 78.9 Å². The highest BCUT2D eigenvalue weighted by molar-refractivity contribution is 7.74. The Bertz CT molecular complexity index is 606. The van der Waals surface area contributed by atoms with Gasteiger partial charge in [-0.05, 0) is 45.6 Å². The first kappa shape index (κ1) is 23.8. The maximum Gasteiger partial charge on any atom is 0.306 e. The number of carbonyl (C=O) groups is 1. The molecule has 1 N–H and O–H groups in total. The van der Waals surface area contributed by atoms with Crippen molar-refractivity contribution in [3.8, 4) is 0 Å². The molecule has 1 rings (SSSR count). The number of hydrogen-bond donors (Lipinski definition) is 1. The fourth-order valence-electron chi connectivity index (χ4n) is 3.29. The number of esters is 1. The third-order valence-corrected chi connectivity index (χ3v) is 4.73. The number of ether oxygens (including phenoxy) is 1. The summed E-state index contributed by atoms with van der Waals surface area (Å²) < 4.78 is 31.7. The molecule has 0 bridgehead atoms. The lowest BCUT2D eigenvalue weighted by atomic mass is 9.84. The summed E-state index contributed by atoms with van der Waals surface area (Å²) in [6, 6.07) is 7.65. The average Bonchev–Trinajstić information content (AvgIpc) is 2.51. The number of aryl methyl sites for hydroxylation is 1. The smallest absolute Gasteiger partial charge is 0.306 e. The highest BCUT2D eigenvalue weighted by Crippen LogP contribution is 2.35. The number of carbonyl (C=O) groups excluding carboxylic acids is 1. The van der Waals surface area contributed by atoms with Gasteiger partial charge in [-0.2, -0.15) is 4.21 Å². The Morgan fingerprint density at radius 3 is 2.30 bits per heavy atom. The van der Waals surface area contributed by atoms with Crippen LogP contribution in [0.5, 0.6) is 0 Å². The van der Waals surface area contributed by atoms with Crippen LogP contribution in [-0.2, 0) is 25.1 Å². The first-order chi connectivity index (χ1) is 12.5. The molecule has 6 heteroatoms. The first-order valence-electron chi connectivity index (χ1n) is 9.58. The van der Waals surface area contributed by atoms with Crippen LogP contribution in [0.1, 0.15) is 77.5 Å². The average molecular weight is 399 g/mol. The van der Waals surface area contributed by atoms with Gasteiger partial charge in [0.25, 0.3) is 0 Å². The minimum absolute atomic E-state index is 0.140. The molecule has 0 heterocycles. The van der Waals surface area contributed by atoms with E-state index in [9.17, 15) is 13.6 Å². The second-order valence-electron chi connectivity index (χ2n) is 8.32. The maximum atomic E-state index is 12.5. The Morgan fingerprint density at radius 2 is 1.81 bits per heavy atom. The van der Waals surface area contributed by atoms with Crippen LogP contribution >= 0.6 is 0 Å². The predicted octanol–water partition coefficient (Wildman–Crippen LogP) is 5.36. The largest absolute Gasteiger partial charge is 0.460 e. The molecule has 0 radical (unpaired) electrons. The van der Waals surface area contributed by atoms with Crippen molar-refractivity contribution in [3.63, 3.8) is 0 Å². The van der Waals surface area contributed by atoms with Crippen LogP contribution in [0.15, 0.2) is 24.3 Å². The van der Waals surface area contributed by atoms with Gasteiger partial charge in [-0.3, -0.25) is 13.5 Å². The van der Waals surface area contributed by atoms with Crippen LogP contribution in [0.25, 0.3) is 0 Å². The lowest BCUT2D eigenvalue weighted by molar-refractivity contribution is -0.157. The minimum atomic E-state index is -2.43. The molecule has 0 spiro atoms. The van der Waals surface area contributed by atoms with Crippen LogP contribution in [0.2, 0.25) is 0 Å². The van der Waals surface area contributed by atoms with Crippen LogP contribution < -0.4 is 0 Å². The molecule has 1 aromatic carbocycles. The molecule has 0 aliphatic heterocycles. The molecule has 4 unspecified atom stereocenters. The molecule has 4 atom stereocenters. The van der Waals surface area contributed by atoms with E-state index in [2.05, 4.69) is 13.8 Å². The molecule has 0 saturated carbocycles. The van der Waals surface area contributed by atoms with E-state index in [0.29, 0.717) is 12.3 Å². The van der Waals surface area contributed by atoms with Crippen molar-refractivity contribution >= 4 is 17.3 Å². The summed E-state index contributed by atoms with van der Waals surface area (Å²) in [5.74, 6) is -0.202. The quantitative estimate of drug-likeness (QED) is 0.424. The van der Waals surface area contributed by atoms with E-state index in [1.54, 1.807) is 0 Å². The van der Waals surface area contributed by atoms with Gasteiger partial charge >= 0.3 is 17.3 Å². The zero-order valence-electron chi connectivity index (χ0n) is 17.4. The minimum Gasteiger partial charge on any atom is -0.460 e.